The fourth-order valence-electron chi connectivity index (χ4n) is 0.737. The predicted octanol–water partition coefficient (Wildman–Crippen LogP) is 2.93. The summed E-state index contributed by atoms with van der Waals surface area (Å²) in [6.07, 6.45) is 0.199. The third-order valence-corrected chi connectivity index (χ3v) is 1.35. The van der Waals surface area contributed by atoms with E-state index in [1.165, 1.54) is 0 Å². The van der Waals surface area contributed by atoms with Crippen LogP contribution in [0, 0.1) is 6.07 Å². The van der Waals surface area contributed by atoms with Gasteiger partial charge in [0.1, 0.15) is 5.75 Å². The van der Waals surface area contributed by atoms with Crippen LogP contribution in [0.3, 0.4) is 0 Å². The van der Waals surface area contributed by atoms with Gasteiger partial charge in [-0.05, 0) is 32.0 Å². The van der Waals surface area contributed by atoms with Crippen molar-refractivity contribution in [2.45, 2.75) is 20.0 Å². The molecule has 59 valence electrons. The lowest BCUT2D eigenvalue weighted by Gasteiger charge is -2.08. The quantitative estimate of drug-likeness (QED) is 0.662. The largest absolute Gasteiger partial charge is 0.491 e. The van der Waals surface area contributed by atoms with Gasteiger partial charge >= 0.3 is 0 Å². The van der Waals surface area contributed by atoms with Crippen LogP contribution < -0.4 is 4.74 Å². The average molecular weight is 170 g/mol. The van der Waals surface area contributed by atoms with Gasteiger partial charge in [0.25, 0.3) is 0 Å². The van der Waals surface area contributed by atoms with Crippen LogP contribution in [0.5, 0.6) is 5.75 Å². The van der Waals surface area contributed by atoms with Crippen molar-refractivity contribution in [2.75, 3.05) is 0 Å². The standard InChI is InChI=1S/C9H10ClO/c1-7(2)11-9-5-3-8(10)4-6-9/h3,5-7H,1-2H3. The van der Waals surface area contributed by atoms with Crippen molar-refractivity contribution < 1.29 is 4.74 Å². The van der Waals surface area contributed by atoms with E-state index in [4.69, 9.17) is 16.3 Å². The minimum absolute atomic E-state index is 0.199. The van der Waals surface area contributed by atoms with E-state index in [0.29, 0.717) is 5.02 Å². The van der Waals surface area contributed by atoms with E-state index in [-0.39, 0.29) is 6.10 Å². The Labute approximate surface area is 71.9 Å². The molecule has 11 heavy (non-hydrogen) atoms. The van der Waals surface area contributed by atoms with Gasteiger partial charge in [0.15, 0.2) is 0 Å². The average Bonchev–Trinajstić information content (AvgIpc) is 1.93. The summed E-state index contributed by atoms with van der Waals surface area (Å²) in [6.45, 7) is 3.96. The summed E-state index contributed by atoms with van der Waals surface area (Å²) in [7, 11) is 0. The molecule has 0 unspecified atom stereocenters. The summed E-state index contributed by atoms with van der Waals surface area (Å²) < 4.78 is 5.38. The highest BCUT2D eigenvalue weighted by molar-refractivity contribution is 6.30. The van der Waals surface area contributed by atoms with Crippen molar-refractivity contribution in [1.29, 1.82) is 0 Å². The first-order valence-corrected chi connectivity index (χ1v) is 3.90. The van der Waals surface area contributed by atoms with Gasteiger partial charge in [-0.25, -0.2) is 0 Å². The topological polar surface area (TPSA) is 9.23 Å². The van der Waals surface area contributed by atoms with Crippen molar-refractivity contribution in [2.24, 2.45) is 0 Å². The molecule has 0 bridgehead atoms. The fraction of sp³-hybridized carbons (Fsp3) is 0.333. The van der Waals surface area contributed by atoms with Crippen LogP contribution >= 0.6 is 11.6 Å². The van der Waals surface area contributed by atoms with Gasteiger partial charge in [-0.1, -0.05) is 11.6 Å². The molecular formula is C9H10ClO. The Morgan fingerprint density at radius 1 is 1.45 bits per heavy atom. The molecule has 2 heteroatoms. The van der Waals surface area contributed by atoms with Gasteiger partial charge < -0.3 is 4.74 Å². The molecular weight excluding hydrogens is 160 g/mol. The zero-order valence-electron chi connectivity index (χ0n) is 6.60. The third kappa shape index (κ3) is 2.81. The van der Waals surface area contributed by atoms with Crippen LogP contribution in [0.1, 0.15) is 13.8 Å². The Morgan fingerprint density at radius 2 is 2.18 bits per heavy atom. The van der Waals surface area contributed by atoms with Gasteiger partial charge in [0, 0.05) is 11.1 Å². The lowest BCUT2D eigenvalue weighted by atomic mass is 10.3. The Balaban J connectivity index is 2.66. The van der Waals surface area contributed by atoms with Crippen LogP contribution in [0.2, 0.25) is 5.02 Å². The van der Waals surface area contributed by atoms with Gasteiger partial charge in [-0.2, -0.15) is 0 Å². The summed E-state index contributed by atoms with van der Waals surface area (Å²) in [5, 5.41) is 0.612. The van der Waals surface area contributed by atoms with Crippen LogP contribution in [0.15, 0.2) is 18.2 Å². The van der Waals surface area contributed by atoms with Crippen LogP contribution in [-0.2, 0) is 0 Å². The van der Waals surface area contributed by atoms with Gasteiger partial charge in [0.2, 0.25) is 0 Å². The molecule has 1 radical (unpaired) electrons. The fourth-order valence-corrected chi connectivity index (χ4v) is 0.855. The molecule has 0 saturated heterocycles. The SMILES string of the molecule is CC(C)Oc1c[c]c(Cl)cc1. The minimum atomic E-state index is 0.199. The second kappa shape index (κ2) is 3.63. The maximum Gasteiger partial charge on any atom is 0.120 e. The Hall–Kier alpha value is -0.690. The second-order valence-electron chi connectivity index (χ2n) is 2.54. The predicted molar refractivity (Wildman–Crippen MR) is 46.1 cm³/mol. The Morgan fingerprint density at radius 3 is 2.64 bits per heavy atom. The molecule has 0 spiro atoms. The first kappa shape index (κ1) is 8.41. The summed E-state index contributed by atoms with van der Waals surface area (Å²) >= 11 is 5.64. The first-order chi connectivity index (χ1) is 5.18. The van der Waals surface area contributed by atoms with E-state index < -0.39 is 0 Å². The molecule has 1 aromatic rings. The van der Waals surface area contributed by atoms with E-state index in [2.05, 4.69) is 6.07 Å². The molecule has 0 aliphatic carbocycles. The molecule has 0 heterocycles. The third-order valence-electron chi connectivity index (χ3n) is 1.12. The number of benzene rings is 1. The smallest absolute Gasteiger partial charge is 0.120 e. The highest BCUT2D eigenvalue weighted by atomic mass is 35.5. The summed E-state index contributed by atoms with van der Waals surface area (Å²) in [5.74, 6) is 0.810. The number of hydrogen-bond donors (Lipinski definition) is 0. The molecule has 0 N–H and O–H groups in total. The van der Waals surface area contributed by atoms with Gasteiger partial charge in [-0.3, -0.25) is 0 Å². The zero-order valence-corrected chi connectivity index (χ0v) is 7.35. The number of hydrogen-bond acceptors (Lipinski definition) is 1. The maximum atomic E-state index is 5.64. The van der Waals surface area contributed by atoms with Crippen molar-refractivity contribution >= 4 is 11.6 Å². The van der Waals surface area contributed by atoms with Crippen LogP contribution in [0.4, 0.5) is 0 Å². The van der Waals surface area contributed by atoms with Crippen molar-refractivity contribution in [3.63, 3.8) is 0 Å². The molecule has 0 aromatic heterocycles. The van der Waals surface area contributed by atoms with Crippen molar-refractivity contribution in [1.82, 2.24) is 0 Å². The lowest BCUT2D eigenvalue weighted by Crippen LogP contribution is -2.04. The highest BCUT2D eigenvalue weighted by Crippen LogP contribution is 2.15. The van der Waals surface area contributed by atoms with Gasteiger partial charge in [-0.15, -0.1) is 0 Å². The van der Waals surface area contributed by atoms with Gasteiger partial charge in [0.05, 0.1) is 6.10 Å². The molecule has 1 rings (SSSR count). The summed E-state index contributed by atoms with van der Waals surface area (Å²) in [6, 6.07) is 8.18. The Bertz CT molecular complexity index is 216. The van der Waals surface area contributed by atoms with E-state index in [9.17, 15) is 0 Å². The monoisotopic (exact) mass is 169 g/mol. The lowest BCUT2D eigenvalue weighted by molar-refractivity contribution is 0.242. The molecule has 0 aliphatic heterocycles. The first-order valence-electron chi connectivity index (χ1n) is 3.52. The number of halogens is 1. The van der Waals surface area contributed by atoms with Crippen molar-refractivity contribution in [3.05, 3.63) is 29.3 Å². The minimum Gasteiger partial charge on any atom is -0.491 e. The van der Waals surface area contributed by atoms with E-state index in [1.54, 1.807) is 12.1 Å². The van der Waals surface area contributed by atoms with Crippen LogP contribution in [0.25, 0.3) is 0 Å². The van der Waals surface area contributed by atoms with E-state index >= 15 is 0 Å². The molecule has 0 amide bonds. The molecule has 0 fully saturated rings. The highest BCUT2D eigenvalue weighted by Gasteiger charge is 1.95. The summed E-state index contributed by atoms with van der Waals surface area (Å²) in [4.78, 5) is 0. The maximum absolute atomic E-state index is 5.64. The van der Waals surface area contributed by atoms with Crippen molar-refractivity contribution in [3.8, 4) is 5.75 Å². The molecule has 0 aliphatic rings. The van der Waals surface area contributed by atoms with E-state index in [1.807, 2.05) is 19.9 Å². The number of ether oxygens (including phenoxy) is 1. The normalized spacial score (nSPS) is 10.2. The molecule has 1 nitrogen and oxygen atoms in total. The number of rotatable bonds is 2. The van der Waals surface area contributed by atoms with E-state index in [0.717, 1.165) is 5.75 Å². The van der Waals surface area contributed by atoms with Crippen LogP contribution in [-0.4, -0.2) is 6.10 Å². The Kier molecular flexibility index (Phi) is 2.77. The molecule has 0 atom stereocenters. The molecule has 1 aromatic carbocycles. The summed E-state index contributed by atoms with van der Waals surface area (Å²) in [5.41, 5.74) is 0. The molecule has 0 saturated carbocycles. The zero-order chi connectivity index (χ0) is 8.27. The second-order valence-corrected chi connectivity index (χ2v) is 2.95.